The molecule has 0 aliphatic carbocycles. The minimum atomic E-state index is 0.287. The van der Waals surface area contributed by atoms with Crippen LogP contribution in [0.3, 0.4) is 0 Å². The average Bonchev–Trinajstić information content (AvgIpc) is 2.62. The van der Waals surface area contributed by atoms with Crippen LogP contribution in [-0.4, -0.2) is 6.21 Å². The zero-order chi connectivity index (χ0) is 9.26. The van der Waals surface area contributed by atoms with Gasteiger partial charge >= 0.3 is 0 Å². The number of rotatable bonds is 1. The van der Waals surface area contributed by atoms with Crippen molar-refractivity contribution >= 4 is 29.4 Å². The third-order valence-corrected chi connectivity index (χ3v) is 2.92. The van der Waals surface area contributed by atoms with Crippen molar-refractivity contribution < 1.29 is 0 Å². The SMILES string of the molecule is Clc1ccc([C@@H]2CCC=N2)cc1Cl. The molecule has 0 fully saturated rings. The maximum atomic E-state index is 5.91. The first-order valence-corrected chi connectivity index (χ1v) is 4.99. The van der Waals surface area contributed by atoms with Gasteiger partial charge in [0.25, 0.3) is 0 Å². The molecule has 1 aromatic rings. The van der Waals surface area contributed by atoms with E-state index in [-0.39, 0.29) is 6.04 Å². The van der Waals surface area contributed by atoms with Crippen molar-refractivity contribution in [3.05, 3.63) is 33.8 Å². The van der Waals surface area contributed by atoms with Gasteiger partial charge in [0.05, 0.1) is 16.1 Å². The van der Waals surface area contributed by atoms with E-state index in [0.717, 1.165) is 18.4 Å². The van der Waals surface area contributed by atoms with Crippen LogP contribution >= 0.6 is 23.2 Å². The van der Waals surface area contributed by atoms with Crippen LogP contribution in [0.1, 0.15) is 24.4 Å². The molecule has 0 amide bonds. The van der Waals surface area contributed by atoms with Crippen LogP contribution in [0.2, 0.25) is 10.0 Å². The molecule has 2 rings (SSSR count). The Balaban J connectivity index is 2.30. The van der Waals surface area contributed by atoms with Crippen LogP contribution in [0.4, 0.5) is 0 Å². The number of nitrogens with zero attached hydrogens (tertiary/aromatic N) is 1. The summed E-state index contributed by atoms with van der Waals surface area (Å²) in [7, 11) is 0. The monoisotopic (exact) mass is 213 g/mol. The molecule has 0 spiro atoms. The van der Waals surface area contributed by atoms with E-state index in [1.54, 1.807) is 0 Å². The van der Waals surface area contributed by atoms with E-state index in [1.807, 2.05) is 24.4 Å². The lowest BCUT2D eigenvalue weighted by molar-refractivity contribution is 0.723. The van der Waals surface area contributed by atoms with E-state index < -0.39 is 0 Å². The highest BCUT2D eigenvalue weighted by Gasteiger charge is 2.13. The molecule has 1 heterocycles. The fourth-order valence-electron chi connectivity index (χ4n) is 1.48. The van der Waals surface area contributed by atoms with Crippen LogP contribution in [0.25, 0.3) is 0 Å². The van der Waals surface area contributed by atoms with Gasteiger partial charge in [0.2, 0.25) is 0 Å². The van der Waals surface area contributed by atoms with E-state index >= 15 is 0 Å². The third kappa shape index (κ3) is 1.87. The lowest BCUT2D eigenvalue weighted by Gasteiger charge is -2.07. The molecule has 0 radical (unpaired) electrons. The molecule has 0 N–H and O–H groups in total. The molecule has 13 heavy (non-hydrogen) atoms. The first kappa shape index (κ1) is 9.04. The molecule has 1 nitrogen and oxygen atoms in total. The summed E-state index contributed by atoms with van der Waals surface area (Å²) in [6.07, 6.45) is 4.11. The molecule has 3 heteroatoms. The third-order valence-electron chi connectivity index (χ3n) is 2.18. The molecule has 1 aliphatic heterocycles. The number of hydrogen-bond acceptors (Lipinski definition) is 1. The Bertz CT molecular complexity index is 347. The Kier molecular flexibility index (Phi) is 2.56. The van der Waals surface area contributed by atoms with E-state index in [0.29, 0.717) is 10.0 Å². The fourth-order valence-corrected chi connectivity index (χ4v) is 1.79. The van der Waals surface area contributed by atoms with Crippen molar-refractivity contribution in [3.63, 3.8) is 0 Å². The van der Waals surface area contributed by atoms with Gasteiger partial charge in [0.15, 0.2) is 0 Å². The summed E-state index contributed by atoms with van der Waals surface area (Å²) in [5.74, 6) is 0. The van der Waals surface area contributed by atoms with Gasteiger partial charge in [-0.05, 0) is 36.8 Å². The molecule has 0 unspecified atom stereocenters. The summed E-state index contributed by atoms with van der Waals surface area (Å²) < 4.78 is 0. The summed E-state index contributed by atoms with van der Waals surface area (Å²) in [6.45, 7) is 0. The first-order valence-electron chi connectivity index (χ1n) is 4.24. The Morgan fingerprint density at radius 3 is 2.69 bits per heavy atom. The van der Waals surface area contributed by atoms with Crippen LogP contribution in [0.5, 0.6) is 0 Å². The second-order valence-corrected chi connectivity index (χ2v) is 3.91. The van der Waals surface area contributed by atoms with E-state index in [9.17, 15) is 0 Å². The Morgan fingerprint density at radius 2 is 2.08 bits per heavy atom. The van der Waals surface area contributed by atoms with Crippen molar-refractivity contribution in [2.24, 2.45) is 4.99 Å². The number of benzene rings is 1. The highest BCUT2D eigenvalue weighted by Crippen LogP contribution is 2.31. The maximum Gasteiger partial charge on any atom is 0.0749 e. The second kappa shape index (κ2) is 3.69. The molecule has 1 atom stereocenters. The van der Waals surface area contributed by atoms with Crippen LogP contribution in [-0.2, 0) is 0 Å². The first-order chi connectivity index (χ1) is 6.27. The number of hydrogen-bond donors (Lipinski definition) is 0. The van der Waals surface area contributed by atoms with Gasteiger partial charge in [-0.2, -0.15) is 0 Å². The van der Waals surface area contributed by atoms with Crippen molar-refractivity contribution in [1.29, 1.82) is 0 Å². The largest absolute Gasteiger partial charge is 0.289 e. The molecule has 1 aliphatic rings. The lowest BCUT2D eigenvalue weighted by Crippen LogP contribution is -1.90. The van der Waals surface area contributed by atoms with E-state index in [4.69, 9.17) is 23.2 Å². The van der Waals surface area contributed by atoms with Gasteiger partial charge in [0, 0.05) is 0 Å². The molecular formula is C10H9Cl2N. The van der Waals surface area contributed by atoms with E-state index in [2.05, 4.69) is 4.99 Å². The highest BCUT2D eigenvalue weighted by molar-refractivity contribution is 6.42. The summed E-state index contributed by atoms with van der Waals surface area (Å²) in [5.41, 5.74) is 1.16. The van der Waals surface area contributed by atoms with Crippen LogP contribution in [0, 0.1) is 0 Å². The van der Waals surface area contributed by atoms with Gasteiger partial charge in [-0.25, -0.2) is 0 Å². The molecule has 0 saturated carbocycles. The van der Waals surface area contributed by atoms with Gasteiger partial charge in [0.1, 0.15) is 0 Å². The van der Waals surface area contributed by atoms with Crippen molar-refractivity contribution in [2.75, 3.05) is 0 Å². The second-order valence-electron chi connectivity index (χ2n) is 3.10. The van der Waals surface area contributed by atoms with Gasteiger partial charge in [-0.15, -0.1) is 0 Å². The van der Waals surface area contributed by atoms with Gasteiger partial charge in [-0.1, -0.05) is 29.3 Å². The summed E-state index contributed by atoms with van der Waals surface area (Å²) in [5, 5.41) is 1.22. The molecule has 0 aromatic heterocycles. The summed E-state index contributed by atoms with van der Waals surface area (Å²) in [4.78, 5) is 4.35. The van der Waals surface area contributed by atoms with E-state index in [1.165, 1.54) is 0 Å². The topological polar surface area (TPSA) is 12.4 Å². The molecule has 0 bridgehead atoms. The summed E-state index contributed by atoms with van der Waals surface area (Å²) >= 11 is 11.7. The van der Waals surface area contributed by atoms with Gasteiger partial charge in [-0.3, -0.25) is 4.99 Å². The van der Waals surface area contributed by atoms with Crippen LogP contribution < -0.4 is 0 Å². The normalized spacial score (nSPS) is 20.9. The van der Waals surface area contributed by atoms with Crippen molar-refractivity contribution in [3.8, 4) is 0 Å². The standard InChI is InChI=1S/C10H9Cl2N/c11-8-4-3-7(6-9(8)12)10-2-1-5-13-10/h3-6,10H,1-2H2/t10-/m0/s1. The Morgan fingerprint density at radius 1 is 1.23 bits per heavy atom. The summed E-state index contributed by atoms with van der Waals surface area (Å²) in [6, 6.07) is 6.00. The van der Waals surface area contributed by atoms with Crippen molar-refractivity contribution in [1.82, 2.24) is 0 Å². The Hall–Kier alpha value is -0.530. The fraction of sp³-hybridized carbons (Fsp3) is 0.300. The maximum absolute atomic E-state index is 5.91. The minimum Gasteiger partial charge on any atom is -0.289 e. The predicted molar refractivity (Wildman–Crippen MR) is 56.9 cm³/mol. The zero-order valence-electron chi connectivity index (χ0n) is 7.00. The molecular weight excluding hydrogens is 205 g/mol. The Labute approximate surface area is 87.4 Å². The lowest BCUT2D eigenvalue weighted by atomic mass is 10.1. The average molecular weight is 214 g/mol. The number of halogens is 2. The quantitative estimate of drug-likeness (QED) is 0.672. The van der Waals surface area contributed by atoms with Crippen molar-refractivity contribution in [2.45, 2.75) is 18.9 Å². The van der Waals surface area contributed by atoms with Crippen LogP contribution in [0.15, 0.2) is 23.2 Å². The molecule has 1 aromatic carbocycles. The highest BCUT2D eigenvalue weighted by atomic mass is 35.5. The molecule has 68 valence electrons. The zero-order valence-corrected chi connectivity index (χ0v) is 8.52. The number of aliphatic imine (C=N–C) groups is 1. The predicted octanol–water partition coefficient (Wildman–Crippen LogP) is 3.90. The van der Waals surface area contributed by atoms with Gasteiger partial charge < -0.3 is 0 Å². The minimum absolute atomic E-state index is 0.287. The smallest absolute Gasteiger partial charge is 0.0749 e. The molecule has 0 saturated heterocycles.